The monoisotopic (exact) mass is 407 g/mol. The SMILES string of the molecule is Nc1cncc(Br)c1Nc1ccc(F)cc1I. The lowest BCUT2D eigenvalue weighted by Gasteiger charge is -2.12. The number of nitrogens with one attached hydrogen (secondary N) is 1. The molecule has 0 unspecified atom stereocenters. The van der Waals surface area contributed by atoms with E-state index in [0.717, 1.165) is 19.4 Å². The van der Waals surface area contributed by atoms with Gasteiger partial charge in [0.25, 0.3) is 0 Å². The van der Waals surface area contributed by atoms with Gasteiger partial charge in [0.1, 0.15) is 5.82 Å². The fourth-order valence-electron chi connectivity index (χ4n) is 1.31. The highest BCUT2D eigenvalue weighted by Gasteiger charge is 2.07. The Bertz CT molecular complexity index is 542. The second-order valence-electron chi connectivity index (χ2n) is 3.33. The van der Waals surface area contributed by atoms with Gasteiger partial charge in [-0.25, -0.2) is 4.39 Å². The van der Waals surface area contributed by atoms with Crippen LogP contribution in [0.15, 0.2) is 35.1 Å². The lowest BCUT2D eigenvalue weighted by Crippen LogP contribution is -1.99. The number of nitrogens with two attached hydrogens (primary N) is 1. The maximum atomic E-state index is 13.0. The highest BCUT2D eigenvalue weighted by Crippen LogP contribution is 2.32. The molecule has 0 saturated carbocycles. The molecular formula is C11H8BrFIN3. The minimum Gasteiger partial charge on any atom is -0.396 e. The first-order valence-corrected chi connectivity index (χ1v) is 6.56. The van der Waals surface area contributed by atoms with Gasteiger partial charge in [0.2, 0.25) is 0 Å². The summed E-state index contributed by atoms with van der Waals surface area (Å²) >= 11 is 5.42. The fourth-order valence-corrected chi connectivity index (χ4v) is 2.37. The molecule has 0 atom stereocenters. The van der Waals surface area contributed by atoms with E-state index in [1.807, 2.05) is 0 Å². The summed E-state index contributed by atoms with van der Waals surface area (Å²) in [6.45, 7) is 0. The number of anilines is 3. The smallest absolute Gasteiger partial charge is 0.124 e. The molecule has 88 valence electrons. The molecule has 0 aliphatic heterocycles. The van der Waals surface area contributed by atoms with E-state index >= 15 is 0 Å². The van der Waals surface area contributed by atoms with Gasteiger partial charge >= 0.3 is 0 Å². The molecule has 0 aliphatic rings. The quantitative estimate of drug-likeness (QED) is 0.742. The summed E-state index contributed by atoms with van der Waals surface area (Å²) in [5, 5.41) is 3.15. The van der Waals surface area contributed by atoms with Gasteiger partial charge in [-0.1, -0.05) is 0 Å². The van der Waals surface area contributed by atoms with Gasteiger partial charge in [0.15, 0.2) is 0 Å². The topological polar surface area (TPSA) is 50.9 Å². The molecule has 0 spiro atoms. The van der Waals surface area contributed by atoms with Crippen LogP contribution in [0.4, 0.5) is 21.5 Å². The predicted molar refractivity (Wildman–Crippen MR) is 78.7 cm³/mol. The van der Waals surface area contributed by atoms with Crippen molar-refractivity contribution in [3.05, 3.63) is 44.5 Å². The van der Waals surface area contributed by atoms with Gasteiger partial charge in [0, 0.05) is 9.77 Å². The lowest BCUT2D eigenvalue weighted by atomic mass is 10.3. The normalized spacial score (nSPS) is 10.3. The van der Waals surface area contributed by atoms with Crippen LogP contribution in [0.1, 0.15) is 0 Å². The van der Waals surface area contributed by atoms with Gasteiger partial charge in [0.05, 0.1) is 27.7 Å². The molecule has 2 rings (SSSR count). The highest BCUT2D eigenvalue weighted by atomic mass is 127. The van der Waals surface area contributed by atoms with Crippen LogP contribution < -0.4 is 11.1 Å². The van der Waals surface area contributed by atoms with Crippen molar-refractivity contribution in [3.63, 3.8) is 0 Å². The van der Waals surface area contributed by atoms with Crippen molar-refractivity contribution < 1.29 is 4.39 Å². The standard InChI is InChI=1S/C11H8BrFIN3/c12-7-4-16-5-9(15)11(7)17-10-2-1-6(13)3-8(10)14/h1-5H,15H2,(H,16,17). The fraction of sp³-hybridized carbons (Fsp3) is 0. The molecule has 0 saturated heterocycles. The lowest BCUT2D eigenvalue weighted by molar-refractivity contribution is 0.627. The number of nitrogens with zero attached hydrogens (tertiary/aromatic N) is 1. The maximum Gasteiger partial charge on any atom is 0.124 e. The van der Waals surface area contributed by atoms with Crippen molar-refractivity contribution in [1.29, 1.82) is 0 Å². The maximum absolute atomic E-state index is 13.0. The highest BCUT2D eigenvalue weighted by molar-refractivity contribution is 14.1. The Balaban J connectivity index is 2.38. The van der Waals surface area contributed by atoms with E-state index < -0.39 is 0 Å². The van der Waals surface area contributed by atoms with E-state index in [-0.39, 0.29) is 5.82 Å². The molecule has 3 nitrogen and oxygen atoms in total. The van der Waals surface area contributed by atoms with E-state index in [0.29, 0.717) is 5.69 Å². The van der Waals surface area contributed by atoms with Crippen molar-refractivity contribution in [1.82, 2.24) is 4.98 Å². The van der Waals surface area contributed by atoms with E-state index in [1.165, 1.54) is 12.1 Å². The Morgan fingerprint density at radius 2 is 2.12 bits per heavy atom. The summed E-state index contributed by atoms with van der Waals surface area (Å²) in [6, 6.07) is 4.52. The van der Waals surface area contributed by atoms with Gasteiger partial charge < -0.3 is 11.1 Å². The number of aromatic nitrogens is 1. The Morgan fingerprint density at radius 1 is 1.35 bits per heavy atom. The number of hydrogen-bond acceptors (Lipinski definition) is 3. The van der Waals surface area contributed by atoms with Crippen LogP contribution in [0, 0.1) is 9.39 Å². The molecule has 1 aromatic carbocycles. The Hall–Kier alpha value is -0.890. The van der Waals surface area contributed by atoms with E-state index in [1.54, 1.807) is 18.5 Å². The predicted octanol–water partition coefficient (Wildman–Crippen LogP) is 3.91. The molecule has 1 heterocycles. The third kappa shape index (κ3) is 2.86. The third-order valence-corrected chi connectivity index (χ3v) is 3.61. The van der Waals surface area contributed by atoms with Crippen LogP contribution in [-0.4, -0.2) is 4.98 Å². The molecule has 0 bridgehead atoms. The molecule has 0 fully saturated rings. The van der Waals surface area contributed by atoms with Gasteiger partial charge in [-0.15, -0.1) is 0 Å². The molecule has 6 heteroatoms. The number of pyridine rings is 1. The van der Waals surface area contributed by atoms with Gasteiger partial charge in [-0.2, -0.15) is 0 Å². The second kappa shape index (κ2) is 5.18. The van der Waals surface area contributed by atoms with E-state index in [4.69, 9.17) is 5.73 Å². The number of benzene rings is 1. The van der Waals surface area contributed by atoms with Gasteiger partial charge in [-0.05, 0) is 56.7 Å². The van der Waals surface area contributed by atoms with E-state index in [2.05, 4.69) is 48.8 Å². The van der Waals surface area contributed by atoms with Crippen LogP contribution in [0.25, 0.3) is 0 Å². The summed E-state index contributed by atoms with van der Waals surface area (Å²) < 4.78 is 14.5. The number of rotatable bonds is 2. The zero-order valence-corrected chi connectivity index (χ0v) is 12.3. The second-order valence-corrected chi connectivity index (χ2v) is 5.35. The first-order chi connectivity index (χ1) is 8.08. The number of hydrogen-bond donors (Lipinski definition) is 2. The van der Waals surface area contributed by atoms with Crippen LogP contribution in [0.2, 0.25) is 0 Å². The molecule has 2 aromatic rings. The minimum absolute atomic E-state index is 0.262. The molecule has 0 aliphatic carbocycles. The van der Waals surface area contributed by atoms with Crippen molar-refractivity contribution in [2.75, 3.05) is 11.1 Å². The van der Waals surface area contributed by atoms with Crippen molar-refractivity contribution in [2.45, 2.75) is 0 Å². The third-order valence-electron chi connectivity index (χ3n) is 2.12. The summed E-state index contributed by atoms with van der Waals surface area (Å²) in [5.74, 6) is -0.262. The Kier molecular flexibility index (Phi) is 3.82. The van der Waals surface area contributed by atoms with Crippen molar-refractivity contribution in [2.24, 2.45) is 0 Å². The molecule has 0 amide bonds. The van der Waals surface area contributed by atoms with Crippen molar-refractivity contribution >= 4 is 55.6 Å². The summed E-state index contributed by atoms with van der Waals surface area (Å²) in [6.07, 6.45) is 3.21. The number of nitrogen functional groups attached to an aromatic ring is 1. The van der Waals surface area contributed by atoms with Crippen LogP contribution in [-0.2, 0) is 0 Å². The minimum atomic E-state index is -0.262. The summed E-state index contributed by atoms with van der Waals surface area (Å²) in [5.41, 5.74) is 7.87. The van der Waals surface area contributed by atoms with Crippen LogP contribution in [0.3, 0.4) is 0 Å². The van der Waals surface area contributed by atoms with E-state index in [9.17, 15) is 4.39 Å². The molecular weight excluding hydrogens is 400 g/mol. The molecule has 0 radical (unpaired) electrons. The largest absolute Gasteiger partial charge is 0.396 e. The van der Waals surface area contributed by atoms with Crippen LogP contribution in [0.5, 0.6) is 0 Å². The average molecular weight is 408 g/mol. The molecule has 1 aromatic heterocycles. The first-order valence-electron chi connectivity index (χ1n) is 4.69. The Labute approximate surface area is 120 Å². The van der Waals surface area contributed by atoms with Crippen LogP contribution >= 0.6 is 38.5 Å². The van der Waals surface area contributed by atoms with Crippen molar-refractivity contribution in [3.8, 4) is 0 Å². The number of halogens is 3. The summed E-state index contributed by atoms with van der Waals surface area (Å²) in [7, 11) is 0. The zero-order valence-electron chi connectivity index (χ0n) is 8.55. The summed E-state index contributed by atoms with van der Waals surface area (Å²) in [4.78, 5) is 3.95. The van der Waals surface area contributed by atoms with Gasteiger partial charge in [-0.3, -0.25) is 4.98 Å². The average Bonchev–Trinajstić information content (AvgIpc) is 2.26. The zero-order chi connectivity index (χ0) is 12.4. The first kappa shape index (κ1) is 12.6. The Morgan fingerprint density at radius 3 is 2.76 bits per heavy atom. The molecule has 3 N–H and O–H groups in total. The molecule has 17 heavy (non-hydrogen) atoms.